The Morgan fingerprint density at radius 2 is 2.14 bits per heavy atom. The van der Waals surface area contributed by atoms with E-state index in [0.717, 1.165) is 23.2 Å². The van der Waals surface area contributed by atoms with Gasteiger partial charge < -0.3 is 11.1 Å². The van der Waals surface area contributed by atoms with Gasteiger partial charge in [-0.1, -0.05) is 31.2 Å². The Kier molecular flexibility index (Phi) is 5.32. The van der Waals surface area contributed by atoms with Gasteiger partial charge in [-0.15, -0.1) is 0 Å². The zero-order valence-corrected chi connectivity index (χ0v) is 12.6. The molecule has 0 amide bonds. The molecule has 0 aliphatic heterocycles. The first-order chi connectivity index (χ1) is 10.2. The number of hydrogen-bond donors (Lipinski definition) is 2. The predicted molar refractivity (Wildman–Crippen MR) is 87.9 cm³/mol. The number of nitrogens with two attached hydrogens (primary N) is 1. The van der Waals surface area contributed by atoms with Gasteiger partial charge in [-0.3, -0.25) is 4.98 Å². The Balaban J connectivity index is 2.07. The molecule has 1 aromatic heterocycles. The van der Waals surface area contributed by atoms with E-state index in [1.807, 2.05) is 30.3 Å². The van der Waals surface area contributed by atoms with E-state index in [2.05, 4.69) is 41.3 Å². The van der Waals surface area contributed by atoms with Crippen LogP contribution >= 0.6 is 0 Å². The Hall–Kier alpha value is -2.36. The van der Waals surface area contributed by atoms with Gasteiger partial charge in [-0.25, -0.2) is 4.99 Å². The van der Waals surface area contributed by atoms with Crippen LogP contribution in [0.25, 0.3) is 11.3 Å². The van der Waals surface area contributed by atoms with Crippen molar-refractivity contribution >= 4 is 5.96 Å². The smallest absolute Gasteiger partial charge is 0.189 e. The molecular formula is C17H22N4. The number of aliphatic imine (C=N–C) groups is 1. The van der Waals surface area contributed by atoms with Crippen LogP contribution in [0.1, 0.15) is 25.8 Å². The fraction of sp³-hybridized carbons (Fsp3) is 0.294. The van der Waals surface area contributed by atoms with Gasteiger partial charge in [-0.05, 0) is 37.1 Å². The quantitative estimate of drug-likeness (QED) is 0.654. The van der Waals surface area contributed by atoms with Crippen LogP contribution < -0.4 is 11.1 Å². The fourth-order valence-electron chi connectivity index (χ4n) is 1.94. The van der Waals surface area contributed by atoms with Gasteiger partial charge in [0.25, 0.3) is 0 Å². The van der Waals surface area contributed by atoms with E-state index in [9.17, 15) is 0 Å². The second-order valence-electron chi connectivity index (χ2n) is 5.07. The standard InChI is InChI=1S/C17H22N4/c1-3-13(2)21-17(18)20-12-14-7-6-8-15(11-14)16-9-4-5-10-19-16/h4-11,13H,3,12H2,1-2H3,(H3,18,20,21). The van der Waals surface area contributed by atoms with Crippen molar-refractivity contribution in [3.8, 4) is 11.3 Å². The molecule has 0 fully saturated rings. The first kappa shape index (κ1) is 15.0. The Morgan fingerprint density at radius 1 is 1.29 bits per heavy atom. The van der Waals surface area contributed by atoms with Gasteiger partial charge in [-0.2, -0.15) is 0 Å². The number of guanidine groups is 1. The van der Waals surface area contributed by atoms with E-state index in [0.29, 0.717) is 18.5 Å². The second-order valence-corrected chi connectivity index (χ2v) is 5.07. The third-order valence-electron chi connectivity index (χ3n) is 3.33. The number of pyridine rings is 1. The first-order valence-electron chi connectivity index (χ1n) is 7.26. The highest BCUT2D eigenvalue weighted by Crippen LogP contribution is 2.18. The SMILES string of the molecule is CCC(C)NC(N)=NCc1cccc(-c2ccccn2)c1. The zero-order valence-electron chi connectivity index (χ0n) is 12.6. The number of rotatable bonds is 5. The lowest BCUT2D eigenvalue weighted by Crippen LogP contribution is -2.38. The highest BCUT2D eigenvalue weighted by molar-refractivity contribution is 5.78. The van der Waals surface area contributed by atoms with Crippen LogP contribution in [0.3, 0.4) is 0 Å². The topological polar surface area (TPSA) is 63.3 Å². The summed E-state index contributed by atoms with van der Waals surface area (Å²) in [6.45, 7) is 4.77. The fourth-order valence-corrected chi connectivity index (χ4v) is 1.94. The molecule has 0 saturated carbocycles. The predicted octanol–water partition coefficient (Wildman–Crippen LogP) is 2.95. The van der Waals surface area contributed by atoms with Crippen LogP contribution in [0.15, 0.2) is 53.7 Å². The summed E-state index contributed by atoms with van der Waals surface area (Å²) < 4.78 is 0. The number of nitrogens with zero attached hydrogens (tertiary/aromatic N) is 2. The Labute approximate surface area is 126 Å². The molecule has 4 nitrogen and oxygen atoms in total. The minimum absolute atomic E-state index is 0.341. The van der Waals surface area contributed by atoms with Crippen molar-refractivity contribution in [3.63, 3.8) is 0 Å². The van der Waals surface area contributed by atoms with Gasteiger partial charge in [0.2, 0.25) is 0 Å². The molecule has 21 heavy (non-hydrogen) atoms. The molecule has 2 rings (SSSR count). The molecule has 1 aromatic carbocycles. The maximum absolute atomic E-state index is 5.87. The maximum Gasteiger partial charge on any atom is 0.189 e. The minimum Gasteiger partial charge on any atom is -0.370 e. The van der Waals surface area contributed by atoms with Crippen molar-refractivity contribution < 1.29 is 0 Å². The monoisotopic (exact) mass is 282 g/mol. The summed E-state index contributed by atoms with van der Waals surface area (Å²) in [6, 6.07) is 14.5. The molecule has 1 atom stereocenters. The van der Waals surface area contributed by atoms with E-state index < -0.39 is 0 Å². The van der Waals surface area contributed by atoms with Crippen molar-refractivity contribution in [1.29, 1.82) is 0 Å². The van der Waals surface area contributed by atoms with Gasteiger partial charge in [0, 0.05) is 17.8 Å². The largest absolute Gasteiger partial charge is 0.370 e. The van der Waals surface area contributed by atoms with Crippen LogP contribution in [0.5, 0.6) is 0 Å². The summed E-state index contributed by atoms with van der Waals surface area (Å²) in [5.41, 5.74) is 9.05. The molecule has 1 heterocycles. The van der Waals surface area contributed by atoms with Crippen LogP contribution in [-0.4, -0.2) is 17.0 Å². The third kappa shape index (κ3) is 4.60. The van der Waals surface area contributed by atoms with Crippen LogP contribution in [0, 0.1) is 0 Å². The second kappa shape index (κ2) is 7.43. The molecule has 0 aliphatic rings. The van der Waals surface area contributed by atoms with Gasteiger partial charge in [0.1, 0.15) is 0 Å². The van der Waals surface area contributed by atoms with Crippen LogP contribution in [-0.2, 0) is 6.54 Å². The summed E-state index contributed by atoms with van der Waals surface area (Å²) in [5, 5.41) is 3.16. The number of benzene rings is 1. The van der Waals surface area contributed by atoms with Gasteiger partial charge >= 0.3 is 0 Å². The Morgan fingerprint density at radius 3 is 2.86 bits per heavy atom. The molecule has 0 saturated heterocycles. The molecule has 4 heteroatoms. The van der Waals surface area contributed by atoms with Crippen molar-refractivity contribution in [1.82, 2.24) is 10.3 Å². The average molecular weight is 282 g/mol. The van der Waals surface area contributed by atoms with E-state index in [4.69, 9.17) is 5.73 Å². The summed E-state index contributed by atoms with van der Waals surface area (Å²) in [5.74, 6) is 0.493. The first-order valence-corrected chi connectivity index (χ1v) is 7.26. The normalized spacial score (nSPS) is 13.0. The van der Waals surface area contributed by atoms with Crippen molar-refractivity contribution in [2.45, 2.75) is 32.9 Å². The molecule has 0 spiro atoms. The molecule has 3 N–H and O–H groups in total. The molecule has 0 bridgehead atoms. The summed E-state index contributed by atoms with van der Waals surface area (Å²) in [7, 11) is 0. The number of nitrogens with one attached hydrogen (secondary N) is 1. The average Bonchev–Trinajstić information content (AvgIpc) is 2.54. The molecule has 1 unspecified atom stereocenters. The lowest BCUT2D eigenvalue weighted by Gasteiger charge is -2.11. The van der Waals surface area contributed by atoms with Gasteiger partial charge in [0.15, 0.2) is 5.96 Å². The van der Waals surface area contributed by atoms with Crippen molar-refractivity contribution in [3.05, 3.63) is 54.2 Å². The Bertz CT molecular complexity index is 593. The van der Waals surface area contributed by atoms with E-state index in [1.165, 1.54) is 0 Å². The van der Waals surface area contributed by atoms with Crippen molar-refractivity contribution in [2.75, 3.05) is 0 Å². The molecule has 110 valence electrons. The van der Waals surface area contributed by atoms with E-state index in [-0.39, 0.29) is 0 Å². The van der Waals surface area contributed by atoms with Crippen LogP contribution in [0.4, 0.5) is 0 Å². The lowest BCUT2D eigenvalue weighted by atomic mass is 10.1. The highest BCUT2D eigenvalue weighted by Gasteiger charge is 2.01. The summed E-state index contributed by atoms with van der Waals surface area (Å²) in [6.07, 6.45) is 2.82. The van der Waals surface area contributed by atoms with Gasteiger partial charge in [0.05, 0.1) is 12.2 Å². The number of hydrogen-bond acceptors (Lipinski definition) is 2. The lowest BCUT2D eigenvalue weighted by molar-refractivity contribution is 0.636. The maximum atomic E-state index is 5.87. The van der Waals surface area contributed by atoms with Crippen LogP contribution in [0.2, 0.25) is 0 Å². The summed E-state index contributed by atoms with van der Waals surface area (Å²) >= 11 is 0. The minimum atomic E-state index is 0.341. The van der Waals surface area contributed by atoms with E-state index >= 15 is 0 Å². The zero-order chi connectivity index (χ0) is 15.1. The third-order valence-corrected chi connectivity index (χ3v) is 3.33. The number of aromatic nitrogens is 1. The highest BCUT2D eigenvalue weighted by atomic mass is 15.1. The molecular weight excluding hydrogens is 260 g/mol. The molecule has 0 radical (unpaired) electrons. The van der Waals surface area contributed by atoms with E-state index in [1.54, 1.807) is 6.20 Å². The van der Waals surface area contributed by atoms with Crippen molar-refractivity contribution in [2.24, 2.45) is 10.7 Å². The molecule has 0 aliphatic carbocycles. The summed E-state index contributed by atoms with van der Waals surface area (Å²) in [4.78, 5) is 8.74. The molecule has 2 aromatic rings.